The van der Waals surface area contributed by atoms with Gasteiger partial charge in [0.15, 0.2) is 0 Å². The molecule has 0 fully saturated rings. The zero-order valence-corrected chi connectivity index (χ0v) is 14.5. The molecule has 2 aromatic rings. The number of hydrogen-bond donors (Lipinski definition) is 2. The van der Waals surface area contributed by atoms with E-state index in [9.17, 15) is 19.5 Å². The highest BCUT2D eigenvalue weighted by molar-refractivity contribution is 6.02. The minimum atomic E-state index is -0.886. The number of terminal acetylenes is 1. The Labute approximate surface area is 149 Å². The monoisotopic (exact) mass is 357 g/mol. The Morgan fingerprint density at radius 1 is 1.46 bits per heavy atom. The molecule has 26 heavy (non-hydrogen) atoms. The minimum absolute atomic E-state index is 0.165. The fourth-order valence-corrected chi connectivity index (χ4v) is 2.30. The van der Waals surface area contributed by atoms with E-state index in [1.54, 1.807) is 0 Å². The molecule has 2 heterocycles. The Morgan fingerprint density at radius 2 is 2.19 bits per heavy atom. The van der Waals surface area contributed by atoms with Crippen LogP contribution in [0.15, 0.2) is 17.1 Å². The molecule has 8 nitrogen and oxygen atoms in total. The maximum Gasteiger partial charge on any atom is 0.325 e. The van der Waals surface area contributed by atoms with E-state index < -0.39 is 35.3 Å². The van der Waals surface area contributed by atoms with E-state index in [0.29, 0.717) is 5.56 Å². The van der Waals surface area contributed by atoms with E-state index in [0.717, 1.165) is 17.4 Å². The number of fused-ring (bicyclic) bond motifs is 1. The van der Waals surface area contributed by atoms with Gasteiger partial charge in [0, 0.05) is 18.8 Å². The molecule has 0 radical (unpaired) electrons. The number of nitrogens with zero attached hydrogens (tertiary/aromatic N) is 2. The maximum atomic E-state index is 12.4. The third kappa shape index (κ3) is 3.83. The van der Waals surface area contributed by atoms with Crippen molar-refractivity contribution in [3.05, 3.63) is 33.7 Å². The zero-order chi connectivity index (χ0) is 19.3. The molecule has 0 saturated heterocycles. The Bertz CT molecular complexity index is 956. The number of amides is 1. The van der Waals surface area contributed by atoms with Crippen molar-refractivity contribution in [3.8, 4) is 18.1 Å². The smallest absolute Gasteiger partial charge is 0.325 e. The predicted molar refractivity (Wildman–Crippen MR) is 94.8 cm³/mol. The number of carbonyl (C=O) groups excluding carboxylic acids is 2. The second kappa shape index (κ2) is 8.16. The normalized spacial score (nSPS) is 10.3. The number of aryl methyl sites for hydroxylation is 1. The third-order valence-corrected chi connectivity index (χ3v) is 3.74. The van der Waals surface area contributed by atoms with Crippen LogP contribution in [-0.4, -0.2) is 39.7 Å². The number of esters is 1. The molecular formula is C18H19N3O5. The lowest BCUT2D eigenvalue weighted by Crippen LogP contribution is -2.36. The zero-order valence-electron chi connectivity index (χ0n) is 14.5. The summed E-state index contributed by atoms with van der Waals surface area (Å²) < 4.78 is 6.05. The Kier molecular flexibility index (Phi) is 5.96. The quantitative estimate of drug-likeness (QED) is 0.447. The summed E-state index contributed by atoms with van der Waals surface area (Å²) in [5.41, 5.74) is -0.663. The highest BCUT2D eigenvalue weighted by atomic mass is 16.5. The van der Waals surface area contributed by atoms with Crippen LogP contribution in [0.2, 0.25) is 0 Å². The molecule has 2 rings (SSSR count). The number of aromatic hydroxyl groups is 1. The summed E-state index contributed by atoms with van der Waals surface area (Å²) in [5.74, 6) is 0.323. The summed E-state index contributed by atoms with van der Waals surface area (Å²) in [7, 11) is 1.42. The molecule has 0 bridgehead atoms. The van der Waals surface area contributed by atoms with Gasteiger partial charge in [0.2, 0.25) is 0 Å². The summed E-state index contributed by atoms with van der Waals surface area (Å²) in [6.07, 6.45) is 8.29. The molecule has 1 amide bonds. The number of carbonyl (C=O) groups is 2. The SMILES string of the molecule is C#Cc1cnc2c(c1)c(O)c(C(=O)NCC(=O)OCCCC)c(=O)n2C. The number of pyridine rings is 2. The summed E-state index contributed by atoms with van der Waals surface area (Å²) in [5, 5.41) is 12.8. The van der Waals surface area contributed by atoms with Crippen molar-refractivity contribution in [1.29, 1.82) is 0 Å². The number of nitrogens with one attached hydrogen (secondary N) is 1. The van der Waals surface area contributed by atoms with Gasteiger partial charge >= 0.3 is 5.97 Å². The van der Waals surface area contributed by atoms with Gasteiger partial charge in [-0.15, -0.1) is 6.42 Å². The second-order valence-electron chi connectivity index (χ2n) is 5.58. The molecule has 0 aromatic carbocycles. The van der Waals surface area contributed by atoms with Crippen molar-refractivity contribution < 1.29 is 19.4 Å². The van der Waals surface area contributed by atoms with Gasteiger partial charge in [-0.1, -0.05) is 19.3 Å². The number of hydrogen-bond acceptors (Lipinski definition) is 6. The van der Waals surface area contributed by atoms with E-state index in [4.69, 9.17) is 11.2 Å². The number of rotatable bonds is 6. The Balaban J connectivity index is 2.31. The van der Waals surface area contributed by atoms with Gasteiger partial charge < -0.3 is 15.2 Å². The van der Waals surface area contributed by atoms with Gasteiger partial charge in [0.25, 0.3) is 11.5 Å². The molecule has 0 saturated carbocycles. The highest BCUT2D eigenvalue weighted by Crippen LogP contribution is 2.25. The van der Waals surface area contributed by atoms with Gasteiger partial charge in [0.1, 0.15) is 23.5 Å². The molecule has 0 aliphatic heterocycles. The lowest BCUT2D eigenvalue weighted by Gasteiger charge is -2.11. The van der Waals surface area contributed by atoms with Gasteiger partial charge in [-0.25, -0.2) is 4.98 Å². The lowest BCUT2D eigenvalue weighted by molar-refractivity contribution is -0.142. The predicted octanol–water partition coefficient (Wildman–Crippen LogP) is 0.693. The van der Waals surface area contributed by atoms with Crippen molar-refractivity contribution in [2.45, 2.75) is 19.8 Å². The number of ether oxygens (including phenoxy) is 1. The molecule has 0 aliphatic rings. The van der Waals surface area contributed by atoms with Crippen molar-refractivity contribution >= 4 is 22.9 Å². The van der Waals surface area contributed by atoms with Gasteiger partial charge in [-0.3, -0.25) is 19.0 Å². The van der Waals surface area contributed by atoms with Gasteiger partial charge in [0.05, 0.1) is 12.0 Å². The first-order valence-electron chi connectivity index (χ1n) is 8.02. The van der Waals surface area contributed by atoms with E-state index >= 15 is 0 Å². The molecule has 0 unspecified atom stereocenters. The second-order valence-corrected chi connectivity index (χ2v) is 5.58. The van der Waals surface area contributed by atoms with Crippen LogP contribution >= 0.6 is 0 Å². The average Bonchev–Trinajstić information content (AvgIpc) is 2.64. The first-order valence-corrected chi connectivity index (χ1v) is 8.02. The van der Waals surface area contributed by atoms with Crippen LogP contribution in [0, 0.1) is 12.3 Å². The largest absolute Gasteiger partial charge is 0.506 e. The van der Waals surface area contributed by atoms with Crippen LogP contribution in [0.5, 0.6) is 5.75 Å². The van der Waals surface area contributed by atoms with E-state index in [-0.39, 0.29) is 17.6 Å². The Morgan fingerprint density at radius 3 is 2.85 bits per heavy atom. The van der Waals surface area contributed by atoms with E-state index in [1.165, 1.54) is 19.3 Å². The molecule has 0 aliphatic carbocycles. The van der Waals surface area contributed by atoms with Crippen LogP contribution < -0.4 is 10.9 Å². The van der Waals surface area contributed by atoms with Crippen molar-refractivity contribution in [2.75, 3.05) is 13.2 Å². The number of aromatic nitrogens is 2. The molecular weight excluding hydrogens is 338 g/mol. The molecule has 8 heteroatoms. The average molecular weight is 357 g/mol. The van der Waals surface area contributed by atoms with Crippen molar-refractivity contribution in [3.63, 3.8) is 0 Å². The first kappa shape index (κ1) is 19.0. The fraction of sp³-hybridized carbons (Fsp3) is 0.333. The maximum absolute atomic E-state index is 12.4. The lowest BCUT2D eigenvalue weighted by atomic mass is 10.1. The fourth-order valence-electron chi connectivity index (χ4n) is 2.30. The van der Waals surface area contributed by atoms with E-state index in [1.807, 2.05) is 6.92 Å². The number of unbranched alkanes of at least 4 members (excludes halogenated alkanes) is 1. The van der Waals surface area contributed by atoms with Crippen molar-refractivity contribution in [2.24, 2.45) is 7.05 Å². The van der Waals surface area contributed by atoms with Crippen molar-refractivity contribution in [1.82, 2.24) is 14.9 Å². The Hall–Kier alpha value is -3.34. The van der Waals surface area contributed by atoms with Crippen LogP contribution in [0.4, 0.5) is 0 Å². The molecule has 2 N–H and O–H groups in total. The van der Waals surface area contributed by atoms with Gasteiger partial charge in [-0.2, -0.15) is 0 Å². The van der Waals surface area contributed by atoms with Crippen LogP contribution in [0.1, 0.15) is 35.7 Å². The summed E-state index contributed by atoms with van der Waals surface area (Å²) in [6, 6.07) is 1.45. The molecule has 136 valence electrons. The summed E-state index contributed by atoms with van der Waals surface area (Å²) in [4.78, 5) is 40.3. The standard InChI is InChI=1S/C18H19N3O5/c1-4-6-7-26-13(22)10-20-17(24)14-15(23)12-8-11(5-2)9-19-16(12)21(3)18(14)25/h2,8-9,23H,4,6-7,10H2,1,3H3,(H,20,24). The molecule has 0 atom stereocenters. The third-order valence-electron chi connectivity index (χ3n) is 3.74. The summed E-state index contributed by atoms with van der Waals surface area (Å²) >= 11 is 0. The van der Waals surface area contributed by atoms with Crippen LogP contribution in [0.25, 0.3) is 11.0 Å². The van der Waals surface area contributed by atoms with Crippen LogP contribution in [0.3, 0.4) is 0 Å². The first-order chi connectivity index (χ1) is 12.4. The molecule has 2 aromatic heterocycles. The van der Waals surface area contributed by atoms with Gasteiger partial charge in [-0.05, 0) is 12.5 Å². The topological polar surface area (TPSA) is 111 Å². The van der Waals surface area contributed by atoms with Crippen LogP contribution in [-0.2, 0) is 16.6 Å². The summed E-state index contributed by atoms with van der Waals surface area (Å²) in [6.45, 7) is 1.80. The highest BCUT2D eigenvalue weighted by Gasteiger charge is 2.22. The van der Waals surface area contributed by atoms with E-state index in [2.05, 4.69) is 16.2 Å². The minimum Gasteiger partial charge on any atom is -0.506 e. The molecule has 0 spiro atoms.